The molecule has 1 heterocycles. The molecule has 0 saturated carbocycles. The van der Waals surface area contributed by atoms with Gasteiger partial charge in [-0.15, -0.1) is 11.8 Å². The van der Waals surface area contributed by atoms with E-state index in [1.807, 2.05) is 32.0 Å². The van der Waals surface area contributed by atoms with Crippen LogP contribution in [0.15, 0.2) is 24.3 Å². The number of carbonyl (C=O) groups excluding carboxylic acids is 3. The van der Waals surface area contributed by atoms with E-state index in [0.717, 1.165) is 24.8 Å². The number of ether oxygens (including phenoxy) is 1. The Labute approximate surface area is 182 Å². The molecule has 0 unspecified atom stereocenters. The molecule has 1 fully saturated rings. The highest BCUT2D eigenvalue weighted by atomic mass is 35.5. The maximum atomic E-state index is 12.8. The fourth-order valence-electron chi connectivity index (χ4n) is 3.37. The van der Waals surface area contributed by atoms with Gasteiger partial charge in [0.1, 0.15) is 6.04 Å². The Morgan fingerprint density at radius 3 is 2.62 bits per heavy atom. The van der Waals surface area contributed by atoms with Crippen molar-refractivity contribution >= 4 is 41.0 Å². The lowest BCUT2D eigenvalue weighted by Crippen LogP contribution is -2.52. The van der Waals surface area contributed by atoms with Crippen LogP contribution in [0.2, 0.25) is 5.02 Å². The van der Waals surface area contributed by atoms with Crippen molar-refractivity contribution in [2.75, 3.05) is 12.4 Å². The standard InChI is InChI=1S/C22H30ClNO4S/c1-4-5-6-7-12-19(25)20(26)24-18(15-29-22(24,2)3)21(27)28-14-13-16-10-8-9-11-17(16)23/h8-11,18H,4-7,12-15H2,1-3H3/t18-/m0/s1. The molecule has 0 radical (unpaired) electrons. The summed E-state index contributed by atoms with van der Waals surface area (Å²) in [6.07, 6.45) is 4.48. The van der Waals surface area contributed by atoms with Gasteiger partial charge in [-0.05, 0) is 31.9 Å². The molecule has 7 heteroatoms. The highest BCUT2D eigenvalue weighted by molar-refractivity contribution is 8.00. The number of hydrogen-bond donors (Lipinski definition) is 0. The monoisotopic (exact) mass is 439 g/mol. The summed E-state index contributed by atoms with van der Waals surface area (Å²) in [4.78, 5) is 38.7. The summed E-state index contributed by atoms with van der Waals surface area (Å²) >= 11 is 7.62. The number of nitrogens with zero attached hydrogens (tertiary/aromatic N) is 1. The third-order valence-electron chi connectivity index (χ3n) is 5.05. The van der Waals surface area contributed by atoms with E-state index in [-0.39, 0.29) is 13.0 Å². The molecule has 1 aliphatic rings. The number of halogens is 1. The second kappa shape index (κ2) is 11.0. The molecular weight excluding hydrogens is 410 g/mol. The summed E-state index contributed by atoms with van der Waals surface area (Å²) in [6.45, 7) is 5.99. The number of thioether (sulfide) groups is 1. The molecule has 0 aliphatic carbocycles. The van der Waals surface area contributed by atoms with Crippen LogP contribution in [0.25, 0.3) is 0 Å². The Morgan fingerprint density at radius 2 is 1.93 bits per heavy atom. The quantitative estimate of drug-likeness (QED) is 0.302. The predicted molar refractivity (Wildman–Crippen MR) is 117 cm³/mol. The molecule has 1 aromatic rings. The molecule has 0 spiro atoms. The fourth-order valence-corrected chi connectivity index (χ4v) is 4.80. The van der Waals surface area contributed by atoms with Crippen molar-refractivity contribution in [1.29, 1.82) is 0 Å². The van der Waals surface area contributed by atoms with E-state index < -0.39 is 28.6 Å². The van der Waals surface area contributed by atoms with Crippen molar-refractivity contribution in [1.82, 2.24) is 4.90 Å². The van der Waals surface area contributed by atoms with Gasteiger partial charge in [-0.2, -0.15) is 0 Å². The molecule has 160 valence electrons. The topological polar surface area (TPSA) is 63.7 Å². The van der Waals surface area contributed by atoms with Gasteiger partial charge in [0.25, 0.3) is 5.91 Å². The molecule has 0 N–H and O–H groups in total. The Bertz CT molecular complexity index is 737. The van der Waals surface area contributed by atoms with Crippen LogP contribution >= 0.6 is 23.4 Å². The average Bonchev–Trinajstić information content (AvgIpc) is 3.01. The van der Waals surface area contributed by atoms with Crippen molar-refractivity contribution < 1.29 is 19.1 Å². The number of ketones is 1. The zero-order valence-electron chi connectivity index (χ0n) is 17.4. The number of unbranched alkanes of at least 4 members (excludes halogenated alkanes) is 3. The van der Waals surface area contributed by atoms with Crippen LogP contribution in [0, 0.1) is 0 Å². The first kappa shape index (κ1) is 23.7. The van der Waals surface area contributed by atoms with E-state index in [1.54, 1.807) is 6.07 Å². The van der Waals surface area contributed by atoms with Crippen molar-refractivity contribution in [3.8, 4) is 0 Å². The molecule has 1 aliphatic heterocycles. The van der Waals surface area contributed by atoms with Crippen molar-refractivity contribution in [3.63, 3.8) is 0 Å². The van der Waals surface area contributed by atoms with Crippen LogP contribution in [0.5, 0.6) is 0 Å². The number of hydrogen-bond acceptors (Lipinski definition) is 5. The fraction of sp³-hybridized carbons (Fsp3) is 0.591. The first-order valence-electron chi connectivity index (χ1n) is 10.2. The average molecular weight is 440 g/mol. The summed E-state index contributed by atoms with van der Waals surface area (Å²) in [5, 5.41) is 0.631. The van der Waals surface area contributed by atoms with E-state index in [2.05, 4.69) is 6.92 Å². The Balaban J connectivity index is 1.95. The number of rotatable bonds is 10. The maximum absolute atomic E-state index is 12.8. The molecule has 1 atom stereocenters. The molecule has 0 aromatic heterocycles. The van der Waals surface area contributed by atoms with Gasteiger partial charge in [0.2, 0.25) is 5.78 Å². The summed E-state index contributed by atoms with van der Waals surface area (Å²) in [6, 6.07) is 6.66. The largest absolute Gasteiger partial charge is 0.464 e. The third kappa shape index (κ3) is 6.48. The minimum absolute atomic E-state index is 0.178. The van der Waals surface area contributed by atoms with Crippen molar-refractivity contribution in [2.24, 2.45) is 0 Å². The lowest BCUT2D eigenvalue weighted by molar-refractivity contribution is -0.158. The van der Waals surface area contributed by atoms with Gasteiger partial charge in [-0.25, -0.2) is 4.79 Å². The van der Waals surface area contributed by atoms with Crippen LogP contribution < -0.4 is 0 Å². The van der Waals surface area contributed by atoms with E-state index in [9.17, 15) is 14.4 Å². The van der Waals surface area contributed by atoms with Gasteiger partial charge < -0.3 is 9.64 Å². The second-order valence-corrected chi connectivity index (χ2v) is 9.72. The van der Waals surface area contributed by atoms with Crippen molar-refractivity contribution in [3.05, 3.63) is 34.9 Å². The summed E-state index contributed by atoms with van der Waals surface area (Å²) < 4.78 is 5.44. The number of carbonyl (C=O) groups is 3. The van der Waals surface area contributed by atoms with E-state index in [4.69, 9.17) is 16.3 Å². The normalized spacial score (nSPS) is 17.9. The first-order chi connectivity index (χ1) is 13.8. The van der Waals surface area contributed by atoms with Crippen molar-refractivity contribution in [2.45, 2.75) is 70.2 Å². The van der Waals surface area contributed by atoms with Crippen LogP contribution in [-0.4, -0.2) is 45.8 Å². The zero-order valence-corrected chi connectivity index (χ0v) is 19.0. The third-order valence-corrected chi connectivity index (χ3v) is 6.80. The van der Waals surface area contributed by atoms with Crippen LogP contribution in [0.3, 0.4) is 0 Å². The van der Waals surface area contributed by atoms with Crippen LogP contribution in [-0.2, 0) is 25.5 Å². The van der Waals surface area contributed by atoms with Crippen LogP contribution in [0.1, 0.15) is 58.4 Å². The van der Waals surface area contributed by atoms with E-state index in [1.165, 1.54) is 16.7 Å². The van der Waals surface area contributed by atoms with E-state index >= 15 is 0 Å². The van der Waals surface area contributed by atoms with Gasteiger partial charge in [-0.1, -0.05) is 56.0 Å². The lowest BCUT2D eigenvalue weighted by atomic mass is 10.1. The zero-order chi connectivity index (χ0) is 21.4. The van der Waals surface area contributed by atoms with Crippen LogP contribution in [0.4, 0.5) is 0 Å². The number of Topliss-reactive ketones (excluding diaryl/α,β-unsaturated/α-hetero) is 1. The molecule has 29 heavy (non-hydrogen) atoms. The summed E-state index contributed by atoms with van der Waals surface area (Å²) in [5.41, 5.74) is 0.901. The smallest absolute Gasteiger partial charge is 0.329 e. The number of esters is 1. The highest BCUT2D eigenvalue weighted by Crippen LogP contribution is 2.39. The minimum atomic E-state index is -0.742. The van der Waals surface area contributed by atoms with Gasteiger partial charge in [0.15, 0.2) is 0 Å². The maximum Gasteiger partial charge on any atom is 0.329 e. The predicted octanol–water partition coefficient (Wildman–Crippen LogP) is 4.65. The van der Waals surface area contributed by atoms with Gasteiger partial charge in [-0.3, -0.25) is 9.59 Å². The summed E-state index contributed by atoms with van der Waals surface area (Å²) in [7, 11) is 0. The molecule has 1 aromatic carbocycles. The van der Waals surface area contributed by atoms with Gasteiger partial charge in [0, 0.05) is 23.6 Å². The Morgan fingerprint density at radius 1 is 1.21 bits per heavy atom. The van der Waals surface area contributed by atoms with Gasteiger partial charge >= 0.3 is 5.97 Å². The summed E-state index contributed by atoms with van der Waals surface area (Å²) in [5.74, 6) is -1.05. The molecule has 1 amide bonds. The molecule has 5 nitrogen and oxygen atoms in total. The van der Waals surface area contributed by atoms with Gasteiger partial charge in [0.05, 0.1) is 11.5 Å². The highest BCUT2D eigenvalue weighted by Gasteiger charge is 2.48. The second-order valence-electron chi connectivity index (χ2n) is 7.69. The lowest BCUT2D eigenvalue weighted by Gasteiger charge is -2.33. The number of benzene rings is 1. The minimum Gasteiger partial charge on any atom is -0.464 e. The molecule has 2 rings (SSSR count). The molecule has 0 bridgehead atoms. The Kier molecular flexibility index (Phi) is 9.03. The van der Waals surface area contributed by atoms with E-state index in [0.29, 0.717) is 23.6 Å². The first-order valence-corrected chi connectivity index (χ1v) is 11.5. The molecule has 1 saturated heterocycles. The SMILES string of the molecule is CCCCCCC(=O)C(=O)N1[C@H](C(=O)OCCc2ccccc2Cl)CSC1(C)C. The Hall–Kier alpha value is -1.53. The molecular formula is C22H30ClNO4S. The number of amides is 1.